The van der Waals surface area contributed by atoms with Crippen LogP contribution in [0.2, 0.25) is 0 Å². The van der Waals surface area contributed by atoms with E-state index in [1.807, 2.05) is 44.4 Å². The first kappa shape index (κ1) is 26.6. The number of carboxylic acid groups (broad SMARTS) is 1. The van der Waals surface area contributed by atoms with Gasteiger partial charge in [0.05, 0.1) is 5.41 Å². The van der Waals surface area contributed by atoms with Gasteiger partial charge < -0.3 is 20.1 Å². The number of carbonyl (C=O) groups is 3. The molecule has 7 nitrogen and oxygen atoms in total. The molecule has 35 heavy (non-hydrogen) atoms. The smallest absolute Gasteiger partial charge is 0.407 e. The Bertz CT molecular complexity index is 1010. The first-order valence-corrected chi connectivity index (χ1v) is 13.3. The molecule has 0 aromatic heterocycles. The van der Waals surface area contributed by atoms with Gasteiger partial charge in [-0.05, 0) is 41.4 Å². The fourth-order valence-electron chi connectivity index (χ4n) is 4.72. The fraction of sp³-hybridized carbons (Fsp3) is 0.444. The lowest BCUT2D eigenvalue weighted by molar-refractivity contribution is -0.150. The number of hydrogen-bond donors (Lipinski definition) is 2. The van der Waals surface area contributed by atoms with Crippen molar-refractivity contribution in [3.8, 4) is 11.1 Å². The summed E-state index contributed by atoms with van der Waals surface area (Å²) in [5, 5.41) is 12.1. The molecular weight excluding hydrogens is 464 g/mol. The van der Waals surface area contributed by atoms with E-state index in [0.717, 1.165) is 22.3 Å². The van der Waals surface area contributed by atoms with E-state index in [0.29, 0.717) is 25.1 Å². The monoisotopic (exact) mass is 498 g/mol. The number of fused-ring (bicyclic) bond motifs is 3. The van der Waals surface area contributed by atoms with Gasteiger partial charge in [0.25, 0.3) is 0 Å². The molecule has 0 radical (unpaired) electrons. The third kappa shape index (κ3) is 5.99. The molecule has 0 aliphatic heterocycles. The SMILES string of the molecule is CCC(CC)(CNC(=O)OCC1c2ccccc2-c2ccccc21)C(=O)N(CCSC)CC(=O)O. The summed E-state index contributed by atoms with van der Waals surface area (Å²) in [6.07, 6.45) is 2.28. The highest BCUT2D eigenvalue weighted by Crippen LogP contribution is 2.44. The van der Waals surface area contributed by atoms with E-state index in [-0.39, 0.29) is 31.5 Å². The van der Waals surface area contributed by atoms with E-state index in [1.165, 1.54) is 4.90 Å². The molecule has 0 fully saturated rings. The minimum absolute atomic E-state index is 0.0468. The van der Waals surface area contributed by atoms with Crippen molar-refractivity contribution in [3.05, 3.63) is 59.7 Å². The van der Waals surface area contributed by atoms with Gasteiger partial charge in [-0.1, -0.05) is 62.4 Å². The molecular formula is C27H34N2O5S. The lowest BCUT2D eigenvalue weighted by atomic mass is 9.80. The molecule has 2 aromatic carbocycles. The summed E-state index contributed by atoms with van der Waals surface area (Å²) in [6, 6.07) is 16.3. The largest absolute Gasteiger partial charge is 0.480 e. The number of rotatable bonds is 12. The molecule has 0 heterocycles. The number of ether oxygens (including phenoxy) is 1. The normalized spacial score (nSPS) is 12.5. The number of nitrogens with zero attached hydrogens (tertiary/aromatic N) is 1. The summed E-state index contributed by atoms with van der Waals surface area (Å²) in [5.74, 6) is -0.708. The van der Waals surface area contributed by atoms with Crippen LogP contribution in [0.5, 0.6) is 0 Å². The molecule has 188 valence electrons. The van der Waals surface area contributed by atoms with E-state index < -0.39 is 17.5 Å². The topological polar surface area (TPSA) is 95.9 Å². The first-order chi connectivity index (χ1) is 16.9. The van der Waals surface area contributed by atoms with Crippen LogP contribution < -0.4 is 5.32 Å². The Balaban J connectivity index is 1.66. The highest BCUT2D eigenvalue weighted by molar-refractivity contribution is 7.98. The van der Waals surface area contributed by atoms with E-state index in [1.54, 1.807) is 11.8 Å². The van der Waals surface area contributed by atoms with Crippen molar-refractivity contribution < 1.29 is 24.2 Å². The Morgan fingerprint density at radius 2 is 1.60 bits per heavy atom. The zero-order valence-electron chi connectivity index (χ0n) is 20.6. The molecule has 0 spiro atoms. The lowest BCUT2D eigenvalue weighted by Gasteiger charge is -2.35. The molecule has 3 rings (SSSR count). The predicted octanol–water partition coefficient (Wildman–Crippen LogP) is 4.61. The van der Waals surface area contributed by atoms with Crippen molar-refractivity contribution in [2.24, 2.45) is 5.41 Å². The number of nitrogens with one attached hydrogen (secondary N) is 1. The van der Waals surface area contributed by atoms with E-state index >= 15 is 0 Å². The summed E-state index contributed by atoms with van der Waals surface area (Å²) >= 11 is 1.55. The number of thioether (sulfide) groups is 1. The van der Waals surface area contributed by atoms with Gasteiger partial charge in [0.15, 0.2) is 0 Å². The highest BCUT2D eigenvalue weighted by Gasteiger charge is 2.39. The number of benzene rings is 2. The maximum absolute atomic E-state index is 13.4. The molecule has 0 saturated heterocycles. The average molecular weight is 499 g/mol. The van der Waals surface area contributed by atoms with Crippen molar-refractivity contribution in [2.45, 2.75) is 32.6 Å². The molecule has 1 aliphatic rings. The Labute approximate surface area is 211 Å². The number of carboxylic acids is 1. The van der Waals surface area contributed by atoms with Crippen LogP contribution in [-0.4, -0.2) is 66.2 Å². The number of alkyl carbamates (subject to hydrolysis) is 1. The number of amides is 2. The van der Waals surface area contributed by atoms with Gasteiger partial charge in [0.2, 0.25) is 5.91 Å². The Morgan fingerprint density at radius 1 is 1.03 bits per heavy atom. The van der Waals surface area contributed by atoms with Gasteiger partial charge in [-0.3, -0.25) is 9.59 Å². The van der Waals surface area contributed by atoms with Gasteiger partial charge in [-0.25, -0.2) is 4.79 Å². The summed E-state index contributed by atoms with van der Waals surface area (Å²) in [6.45, 7) is 4.04. The third-order valence-corrected chi connectivity index (χ3v) is 7.49. The van der Waals surface area contributed by atoms with Gasteiger partial charge in [0, 0.05) is 24.8 Å². The molecule has 2 amide bonds. The predicted molar refractivity (Wildman–Crippen MR) is 139 cm³/mol. The van der Waals surface area contributed by atoms with Gasteiger partial charge >= 0.3 is 12.1 Å². The van der Waals surface area contributed by atoms with Gasteiger partial charge in [0.1, 0.15) is 13.2 Å². The van der Waals surface area contributed by atoms with Crippen LogP contribution in [0.25, 0.3) is 11.1 Å². The Morgan fingerprint density at radius 3 is 2.11 bits per heavy atom. The summed E-state index contributed by atoms with van der Waals surface area (Å²) in [4.78, 5) is 38.8. The van der Waals surface area contributed by atoms with Gasteiger partial charge in [-0.2, -0.15) is 11.8 Å². The second-order valence-corrected chi connectivity index (χ2v) is 9.77. The van der Waals surface area contributed by atoms with Gasteiger partial charge in [-0.15, -0.1) is 0 Å². The van der Waals surface area contributed by atoms with Crippen LogP contribution >= 0.6 is 11.8 Å². The average Bonchev–Trinajstić information content (AvgIpc) is 3.19. The zero-order valence-corrected chi connectivity index (χ0v) is 21.4. The van der Waals surface area contributed by atoms with Crippen LogP contribution in [-0.2, 0) is 14.3 Å². The van der Waals surface area contributed by atoms with Crippen molar-refractivity contribution in [1.29, 1.82) is 0 Å². The fourth-order valence-corrected chi connectivity index (χ4v) is 5.12. The molecule has 8 heteroatoms. The van der Waals surface area contributed by atoms with Crippen LogP contribution in [0.1, 0.15) is 43.7 Å². The molecule has 0 saturated carbocycles. The third-order valence-electron chi connectivity index (χ3n) is 6.90. The van der Waals surface area contributed by atoms with Crippen LogP contribution in [0, 0.1) is 5.41 Å². The van der Waals surface area contributed by atoms with Crippen molar-refractivity contribution in [3.63, 3.8) is 0 Å². The van der Waals surface area contributed by atoms with Crippen molar-refractivity contribution in [1.82, 2.24) is 10.2 Å². The second kappa shape index (κ2) is 12.1. The number of aliphatic carboxylic acids is 1. The Hall–Kier alpha value is -3.00. The molecule has 2 aromatic rings. The molecule has 0 bridgehead atoms. The van der Waals surface area contributed by atoms with Crippen molar-refractivity contribution in [2.75, 3.05) is 38.2 Å². The van der Waals surface area contributed by atoms with Crippen molar-refractivity contribution >= 4 is 29.7 Å². The standard InChI is InChI=1S/C27H34N2O5S/c1-4-27(5-2,25(32)29(14-15-35-3)16-24(30)31)18-28-26(33)34-17-23-21-12-8-6-10-19(21)20-11-7-9-13-22(20)23/h6-13,23H,4-5,14-18H2,1-3H3,(H,28,33)(H,30,31). The summed E-state index contributed by atoms with van der Waals surface area (Å²) in [5.41, 5.74) is 3.68. The maximum atomic E-state index is 13.4. The van der Waals surface area contributed by atoms with E-state index in [9.17, 15) is 19.5 Å². The number of hydrogen-bond acceptors (Lipinski definition) is 5. The zero-order chi connectivity index (χ0) is 25.4. The summed E-state index contributed by atoms with van der Waals surface area (Å²) in [7, 11) is 0. The highest BCUT2D eigenvalue weighted by atomic mass is 32.2. The Kier molecular flexibility index (Phi) is 9.20. The lowest BCUT2D eigenvalue weighted by Crippen LogP contribution is -2.51. The molecule has 2 N–H and O–H groups in total. The van der Waals surface area contributed by atoms with E-state index in [4.69, 9.17) is 4.74 Å². The summed E-state index contributed by atoms with van der Waals surface area (Å²) < 4.78 is 5.62. The molecule has 0 unspecified atom stereocenters. The number of carbonyl (C=O) groups excluding carboxylic acids is 2. The first-order valence-electron chi connectivity index (χ1n) is 12.0. The van der Waals surface area contributed by atoms with Crippen LogP contribution in [0.4, 0.5) is 4.79 Å². The minimum atomic E-state index is -1.05. The second-order valence-electron chi connectivity index (χ2n) is 8.78. The maximum Gasteiger partial charge on any atom is 0.407 e. The quantitative estimate of drug-likeness (QED) is 0.444. The van der Waals surface area contributed by atoms with Crippen LogP contribution in [0.15, 0.2) is 48.5 Å². The molecule has 1 aliphatic carbocycles. The van der Waals surface area contributed by atoms with E-state index in [2.05, 4.69) is 29.6 Å². The minimum Gasteiger partial charge on any atom is -0.480 e. The van der Waals surface area contributed by atoms with Crippen LogP contribution in [0.3, 0.4) is 0 Å². The molecule has 0 atom stereocenters.